The van der Waals surface area contributed by atoms with Crippen LogP contribution >= 0.6 is 0 Å². The Morgan fingerprint density at radius 3 is 2.76 bits per heavy atom. The number of para-hydroxylation sites is 1. The van der Waals surface area contributed by atoms with Crippen LogP contribution in [-0.4, -0.2) is 39.6 Å². The van der Waals surface area contributed by atoms with Crippen LogP contribution in [0.15, 0.2) is 53.7 Å². The first-order valence-corrected chi connectivity index (χ1v) is 10.0. The molecule has 2 aromatic rings. The van der Waals surface area contributed by atoms with Crippen LogP contribution in [0.4, 0.5) is 5.69 Å². The third kappa shape index (κ3) is 3.46. The second-order valence-electron chi connectivity index (χ2n) is 6.86. The van der Waals surface area contributed by atoms with Gasteiger partial charge in [0.25, 0.3) is 0 Å². The molecule has 1 aromatic heterocycles. The van der Waals surface area contributed by atoms with E-state index in [1.165, 1.54) is 5.56 Å². The molecule has 0 amide bonds. The Hall–Kier alpha value is -1.80. The van der Waals surface area contributed by atoms with Crippen LogP contribution in [0.3, 0.4) is 0 Å². The molecule has 2 N–H and O–H groups in total. The fourth-order valence-corrected chi connectivity index (χ4v) is 4.92. The smallest absolute Gasteiger partial charge is 0.198 e. The molecule has 1 fully saturated rings. The van der Waals surface area contributed by atoms with Crippen LogP contribution in [-0.2, 0) is 21.2 Å². The maximum absolute atomic E-state index is 12.5. The minimum atomic E-state index is -3.45. The van der Waals surface area contributed by atoms with Crippen molar-refractivity contribution in [3.8, 4) is 0 Å². The van der Waals surface area contributed by atoms with E-state index >= 15 is 0 Å². The lowest BCUT2D eigenvalue weighted by molar-refractivity contribution is 0.167. The Labute approximate surface area is 149 Å². The molecule has 0 bridgehead atoms. The predicted octanol–water partition coefficient (Wildman–Crippen LogP) is 2.04. The van der Waals surface area contributed by atoms with Gasteiger partial charge in [0.05, 0.1) is 17.8 Å². The number of fused-ring (bicyclic) bond motifs is 1. The number of sulfonamides is 1. The van der Waals surface area contributed by atoms with E-state index in [1.54, 1.807) is 18.3 Å². The average Bonchev–Trinajstić information content (AvgIpc) is 2.74. The van der Waals surface area contributed by atoms with Crippen molar-refractivity contribution in [3.63, 3.8) is 0 Å². The van der Waals surface area contributed by atoms with Crippen molar-refractivity contribution in [1.82, 2.24) is 14.6 Å². The summed E-state index contributed by atoms with van der Waals surface area (Å²) < 4.78 is 27.7. The first kappa shape index (κ1) is 16.7. The molecule has 1 aromatic carbocycles. The topological polar surface area (TPSA) is 80.3 Å². The Balaban J connectivity index is 1.49. The number of hydrogen-bond acceptors (Lipinski definition) is 5. The molecule has 1 atom stereocenters. The molecule has 1 saturated heterocycles. The number of aromatic nitrogens is 1. The molecule has 1 unspecified atom stereocenters. The maximum Gasteiger partial charge on any atom is 0.198 e. The van der Waals surface area contributed by atoms with E-state index in [1.807, 2.05) is 24.4 Å². The van der Waals surface area contributed by atoms with Crippen molar-refractivity contribution in [3.05, 3.63) is 54.4 Å². The first-order chi connectivity index (χ1) is 12.1. The standard InChI is InChI=1S/C18H22N4O2S/c23-25(24)17-6-2-1-5-16(17)21-18(14-20-25)7-10-22(11-8-18)13-15-4-3-9-19-12-15/h1-6,9,12,21H,7-8,10-11,13-14H2,(H-,20,23,24). The molecule has 1 spiro atoms. The van der Waals surface area contributed by atoms with Gasteiger partial charge in [0.15, 0.2) is 15.3 Å². The summed E-state index contributed by atoms with van der Waals surface area (Å²) in [5, 5.41) is 3.53. The van der Waals surface area contributed by atoms with Gasteiger partial charge in [0.2, 0.25) is 0 Å². The van der Waals surface area contributed by atoms with E-state index in [0.717, 1.165) is 32.5 Å². The monoisotopic (exact) mass is 358 g/mol. The summed E-state index contributed by atoms with van der Waals surface area (Å²) in [5.74, 6) is 0. The van der Waals surface area contributed by atoms with Gasteiger partial charge >= 0.3 is 0 Å². The van der Waals surface area contributed by atoms with Gasteiger partial charge in [-0.05, 0) is 36.6 Å². The number of benzene rings is 1. The Kier molecular flexibility index (Phi) is 4.33. The average molecular weight is 358 g/mol. The Morgan fingerprint density at radius 2 is 2.00 bits per heavy atom. The molecule has 4 rings (SSSR count). The number of likely N-dealkylation sites (tertiary alicyclic amines) is 1. The van der Waals surface area contributed by atoms with Gasteiger partial charge in [-0.2, -0.15) is 0 Å². The third-order valence-electron chi connectivity index (χ3n) is 5.12. The van der Waals surface area contributed by atoms with Crippen molar-refractivity contribution in [2.75, 3.05) is 25.0 Å². The van der Waals surface area contributed by atoms with Crippen LogP contribution in [0, 0.1) is 0 Å². The molecule has 132 valence electrons. The van der Waals surface area contributed by atoms with Crippen LogP contribution in [0.5, 0.6) is 0 Å². The largest absolute Gasteiger partial charge is 0.593 e. The van der Waals surface area contributed by atoms with Gasteiger partial charge in [-0.3, -0.25) is 9.88 Å². The van der Waals surface area contributed by atoms with Gasteiger partial charge in [-0.1, -0.05) is 22.4 Å². The molecule has 2 aliphatic rings. The summed E-state index contributed by atoms with van der Waals surface area (Å²) in [5.41, 5.74) is 1.68. The zero-order valence-electron chi connectivity index (χ0n) is 14.0. The minimum absolute atomic E-state index is 0.231. The normalized spacial score (nSPS) is 25.8. The molecule has 3 heterocycles. The minimum Gasteiger partial charge on any atom is -0.593 e. The number of anilines is 1. The maximum atomic E-state index is 12.5. The highest BCUT2D eigenvalue weighted by molar-refractivity contribution is 7.96. The van der Waals surface area contributed by atoms with E-state index in [4.69, 9.17) is 0 Å². The zero-order valence-corrected chi connectivity index (χ0v) is 14.8. The lowest BCUT2D eigenvalue weighted by Gasteiger charge is -2.41. The summed E-state index contributed by atoms with van der Waals surface area (Å²) in [4.78, 5) is 6.91. The molecular formula is C18H22N4O2S. The van der Waals surface area contributed by atoms with Crippen LogP contribution in [0.1, 0.15) is 18.4 Å². The lowest BCUT2D eigenvalue weighted by atomic mass is 9.87. The van der Waals surface area contributed by atoms with Crippen LogP contribution in [0.2, 0.25) is 0 Å². The molecular weight excluding hydrogens is 336 g/mol. The third-order valence-corrected chi connectivity index (χ3v) is 6.58. The SMILES string of the molecule is O=[S+]1([O-])NCC2(CCN(Cc3cccnc3)CC2)Nc2ccccc21. The number of nitrogens with one attached hydrogen (secondary N) is 2. The number of rotatable bonds is 2. The van der Waals surface area contributed by atoms with Crippen LogP contribution in [0.25, 0.3) is 0 Å². The van der Waals surface area contributed by atoms with Gasteiger partial charge in [-0.15, -0.1) is 4.72 Å². The molecule has 0 saturated carbocycles. The van der Waals surface area contributed by atoms with E-state index in [-0.39, 0.29) is 5.54 Å². The second kappa shape index (κ2) is 6.49. The summed E-state index contributed by atoms with van der Waals surface area (Å²) in [6, 6.07) is 11.2. The van der Waals surface area contributed by atoms with Gasteiger partial charge in [-0.25, -0.2) is 0 Å². The summed E-state index contributed by atoms with van der Waals surface area (Å²) in [6.45, 7) is 3.15. The number of piperidine rings is 1. The summed E-state index contributed by atoms with van der Waals surface area (Å²) in [7, 11) is -3.45. The van der Waals surface area contributed by atoms with E-state index < -0.39 is 10.4 Å². The summed E-state index contributed by atoms with van der Waals surface area (Å²) >= 11 is 0. The van der Waals surface area contributed by atoms with Crippen molar-refractivity contribution in [1.29, 1.82) is 0 Å². The molecule has 7 heteroatoms. The molecule has 25 heavy (non-hydrogen) atoms. The van der Waals surface area contributed by atoms with Crippen molar-refractivity contribution in [2.45, 2.75) is 29.8 Å². The molecule has 6 nitrogen and oxygen atoms in total. The van der Waals surface area contributed by atoms with Gasteiger partial charge in [0, 0.05) is 32.0 Å². The first-order valence-electron chi connectivity index (χ1n) is 8.55. The number of nitrogens with zero attached hydrogens (tertiary/aromatic N) is 2. The second-order valence-corrected chi connectivity index (χ2v) is 8.60. The lowest BCUT2D eigenvalue weighted by Crippen LogP contribution is -2.54. The highest BCUT2D eigenvalue weighted by Crippen LogP contribution is 2.34. The zero-order chi connectivity index (χ0) is 17.3. The quantitative estimate of drug-likeness (QED) is 0.803. The fraction of sp³-hybridized carbons (Fsp3) is 0.389. The van der Waals surface area contributed by atoms with E-state index in [0.29, 0.717) is 17.1 Å². The summed E-state index contributed by atoms with van der Waals surface area (Å²) in [6.07, 6.45) is 5.47. The predicted molar refractivity (Wildman–Crippen MR) is 96.6 cm³/mol. The number of pyridine rings is 1. The molecule has 0 radical (unpaired) electrons. The van der Waals surface area contributed by atoms with Gasteiger partial charge < -0.3 is 9.87 Å². The van der Waals surface area contributed by atoms with E-state index in [2.05, 4.69) is 26.0 Å². The van der Waals surface area contributed by atoms with E-state index in [9.17, 15) is 8.76 Å². The Morgan fingerprint density at radius 1 is 1.20 bits per heavy atom. The molecule has 0 aliphatic carbocycles. The fourth-order valence-electron chi connectivity index (χ4n) is 3.64. The van der Waals surface area contributed by atoms with Crippen molar-refractivity contribution in [2.24, 2.45) is 0 Å². The van der Waals surface area contributed by atoms with Crippen LogP contribution < -0.4 is 10.0 Å². The highest BCUT2D eigenvalue weighted by Gasteiger charge is 2.41. The molecule has 2 aliphatic heterocycles. The van der Waals surface area contributed by atoms with Crippen molar-refractivity contribution >= 4 is 16.1 Å². The van der Waals surface area contributed by atoms with Gasteiger partial charge in [0.1, 0.15) is 0 Å². The number of hydrogen-bond donors (Lipinski definition) is 2. The van der Waals surface area contributed by atoms with Crippen molar-refractivity contribution < 1.29 is 8.76 Å². The highest BCUT2D eigenvalue weighted by atomic mass is 32.3. The Bertz CT molecular complexity index is 791.